The molecule has 0 fully saturated rings. The number of aliphatic hydroxyl groups is 8. The van der Waals surface area contributed by atoms with Gasteiger partial charge in [-0.15, -0.1) is 0 Å². The highest BCUT2D eigenvalue weighted by molar-refractivity contribution is 4.46. The van der Waals surface area contributed by atoms with Crippen LogP contribution in [0.1, 0.15) is 115 Å². The van der Waals surface area contributed by atoms with Crippen molar-refractivity contribution in [2.24, 2.45) is 5.92 Å². The van der Waals surface area contributed by atoms with Crippen LogP contribution in [-0.2, 0) is 14.2 Å². The Morgan fingerprint density at radius 2 is 0.900 bits per heavy atom. The fourth-order valence-corrected chi connectivity index (χ4v) is 0.606. The predicted octanol–water partition coefficient (Wildman–Crippen LogP) is 5.04. The number of aliphatic hydroxyl groups excluding tert-OH is 7. The van der Waals surface area contributed by atoms with Gasteiger partial charge in [-0.2, -0.15) is 0 Å². The van der Waals surface area contributed by atoms with Crippen molar-refractivity contribution in [3.05, 3.63) is 0 Å². The Kier molecular flexibility index (Phi) is 239. The lowest BCUT2D eigenvalue weighted by molar-refractivity contribution is -0.143. The Morgan fingerprint density at radius 1 is 0.600 bits per heavy atom. The maximum atomic E-state index is 8.99. The van der Waals surface area contributed by atoms with Crippen molar-refractivity contribution in [1.29, 1.82) is 0 Å². The molecule has 270 valence electrons. The van der Waals surface area contributed by atoms with Crippen molar-refractivity contribution in [2.75, 3.05) is 60.2 Å². The SMILES string of the molecule is C.C.C.C.C.C.C.C.C.C.CC(C)CO.CC(O)CO.CCC(O)COCOCC(O)O.CCO.COCCO. The third-order valence-electron chi connectivity index (χ3n) is 2.14. The van der Waals surface area contributed by atoms with Crippen molar-refractivity contribution in [3.63, 3.8) is 0 Å². The average molecular weight is 613 g/mol. The molecule has 0 radical (unpaired) electrons. The smallest absolute Gasteiger partial charge is 0.175 e. The van der Waals surface area contributed by atoms with Gasteiger partial charge >= 0.3 is 0 Å². The summed E-state index contributed by atoms with van der Waals surface area (Å²) < 4.78 is 13.9. The minimum Gasteiger partial charge on any atom is -0.397 e. The molecule has 0 saturated carbocycles. The normalized spacial score (nSPS) is 8.70. The molecule has 11 nitrogen and oxygen atoms in total. The molecule has 0 aromatic carbocycles. The lowest BCUT2D eigenvalue weighted by Crippen LogP contribution is -2.18. The molecule has 0 aromatic heterocycles. The van der Waals surface area contributed by atoms with Crippen LogP contribution in [-0.4, -0.2) is 120 Å². The van der Waals surface area contributed by atoms with Crippen LogP contribution >= 0.6 is 0 Å². The minimum absolute atomic E-state index is 0. The van der Waals surface area contributed by atoms with Crippen molar-refractivity contribution in [2.45, 2.75) is 134 Å². The molecule has 2 unspecified atom stereocenters. The van der Waals surface area contributed by atoms with Crippen LogP contribution in [0.5, 0.6) is 0 Å². The first-order valence-corrected chi connectivity index (χ1v) is 9.84. The maximum absolute atomic E-state index is 8.99. The highest BCUT2D eigenvalue weighted by Crippen LogP contribution is 1.91. The molecule has 2 atom stereocenters. The number of rotatable bonds is 11. The second-order valence-corrected chi connectivity index (χ2v) is 6.04. The van der Waals surface area contributed by atoms with Crippen molar-refractivity contribution in [3.8, 4) is 0 Å². The average Bonchev–Trinajstić information content (AvgIpc) is 2.69. The van der Waals surface area contributed by atoms with E-state index < -0.39 is 18.5 Å². The first kappa shape index (κ1) is 97.5. The van der Waals surface area contributed by atoms with Gasteiger partial charge in [0, 0.05) is 20.3 Å². The van der Waals surface area contributed by atoms with Gasteiger partial charge in [0.1, 0.15) is 13.4 Å². The molecule has 0 bridgehead atoms. The Morgan fingerprint density at radius 3 is 1.05 bits per heavy atom. The summed E-state index contributed by atoms with van der Waals surface area (Å²) in [7, 11) is 1.55. The molecule has 0 aliphatic rings. The Hall–Kier alpha value is -0.440. The molecule has 8 N–H and O–H groups in total. The molecule has 0 rings (SSSR count). The summed E-state index contributed by atoms with van der Waals surface area (Å²) in [6.45, 7) is 9.97. The number of methoxy groups -OCH3 is 1. The van der Waals surface area contributed by atoms with Gasteiger partial charge in [-0.1, -0.05) is 95.0 Å². The Balaban J connectivity index is -0.0000000152. The van der Waals surface area contributed by atoms with E-state index in [0.717, 1.165) is 0 Å². The largest absolute Gasteiger partial charge is 0.397 e. The van der Waals surface area contributed by atoms with E-state index in [1.165, 1.54) is 6.92 Å². The van der Waals surface area contributed by atoms with Gasteiger partial charge in [0.05, 0.1) is 38.6 Å². The van der Waals surface area contributed by atoms with Gasteiger partial charge in [0.2, 0.25) is 0 Å². The van der Waals surface area contributed by atoms with E-state index >= 15 is 0 Å². The molecule has 40 heavy (non-hydrogen) atoms. The second-order valence-electron chi connectivity index (χ2n) is 6.04. The summed E-state index contributed by atoms with van der Waals surface area (Å²) in [5, 5.41) is 65.3. The molecule has 0 aliphatic carbocycles. The number of ether oxygens (including phenoxy) is 3. The van der Waals surface area contributed by atoms with Gasteiger partial charge in [-0.25, -0.2) is 0 Å². The summed E-state index contributed by atoms with van der Waals surface area (Å²) in [6, 6.07) is 0. The fourth-order valence-electron chi connectivity index (χ4n) is 0.606. The number of hydrogen-bond acceptors (Lipinski definition) is 11. The Bertz CT molecular complexity index is 238. The van der Waals surface area contributed by atoms with Crippen LogP contribution in [0.4, 0.5) is 0 Å². The molecular weight excluding hydrogens is 524 g/mol. The van der Waals surface area contributed by atoms with Crippen LogP contribution in [0.2, 0.25) is 0 Å². The number of hydrogen-bond donors (Lipinski definition) is 8. The van der Waals surface area contributed by atoms with Gasteiger partial charge < -0.3 is 55.1 Å². The van der Waals surface area contributed by atoms with Crippen LogP contribution in [0, 0.1) is 5.92 Å². The topological polar surface area (TPSA) is 190 Å². The zero-order valence-electron chi connectivity index (χ0n) is 19.5. The highest BCUT2D eigenvalue weighted by Gasteiger charge is 2.00. The molecule has 0 spiro atoms. The zero-order valence-corrected chi connectivity index (χ0v) is 19.5. The van der Waals surface area contributed by atoms with Gasteiger partial charge in [0.15, 0.2) is 6.29 Å². The van der Waals surface area contributed by atoms with Crippen LogP contribution in [0.3, 0.4) is 0 Å². The third kappa shape index (κ3) is 207. The fraction of sp³-hybridized carbons (Fsp3) is 1.00. The summed E-state index contributed by atoms with van der Waals surface area (Å²) in [5.74, 6) is 0.440. The monoisotopic (exact) mass is 613 g/mol. The first-order chi connectivity index (χ1) is 14.0. The summed E-state index contributed by atoms with van der Waals surface area (Å²) in [6.07, 6.45) is -1.88. The standard InChI is InChI=1S/C7H16O5.C4H10O.2C3H8O2.C2H6O.10CH4/c1-2-6(8)3-11-5-12-4-7(9)10;1-4(2)3-5;1-5-3-2-4;1-3(5)2-4;1-2-3;;;;;;;;;;/h6-10H,2-5H2,1H3;4-5H,3H2,1-2H3;4H,2-3H2,1H3;3-5H,2H2,1H3;3H,2H2,1H3;10*1H4. The first-order valence-electron chi connectivity index (χ1n) is 9.84. The van der Waals surface area contributed by atoms with Gasteiger partial charge in [-0.05, 0) is 26.2 Å². The molecule has 0 saturated heterocycles. The molecule has 0 aromatic rings. The quantitative estimate of drug-likeness (QED) is 0.115. The van der Waals surface area contributed by atoms with E-state index in [1.807, 2.05) is 20.8 Å². The van der Waals surface area contributed by atoms with Crippen LogP contribution < -0.4 is 0 Å². The van der Waals surface area contributed by atoms with Crippen molar-refractivity contribution in [1.82, 2.24) is 0 Å². The lowest BCUT2D eigenvalue weighted by atomic mass is 10.2. The van der Waals surface area contributed by atoms with E-state index in [9.17, 15) is 0 Å². The van der Waals surface area contributed by atoms with Crippen molar-refractivity contribution < 1.29 is 55.1 Å². The maximum Gasteiger partial charge on any atom is 0.175 e. The summed E-state index contributed by atoms with van der Waals surface area (Å²) >= 11 is 0. The second kappa shape index (κ2) is 98.0. The minimum atomic E-state index is -1.47. The van der Waals surface area contributed by atoms with E-state index in [2.05, 4.69) is 9.47 Å². The van der Waals surface area contributed by atoms with E-state index in [1.54, 1.807) is 14.0 Å². The lowest BCUT2D eigenvalue weighted by Gasteiger charge is -2.09. The van der Waals surface area contributed by atoms with Gasteiger partial charge in [0.25, 0.3) is 0 Å². The van der Waals surface area contributed by atoms with E-state index in [0.29, 0.717) is 25.6 Å². The summed E-state index contributed by atoms with van der Waals surface area (Å²) in [4.78, 5) is 0. The summed E-state index contributed by atoms with van der Waals surface area (Å²) in [5.41, 5.74) is 0. The zero-order chi connectivity index (χ0) is 24.8. The molecule has 0 heterocycles. The van der Waals surface area contributed by atoms with Crippen LogP contribution in [0.25, 0.3) is 0 Å². The molecular formula is C29H88O11. The highest BCUT2D eigenvalue weighted by atomic mass is 16.7. The molecule has 11 heteroatoms. The van der Waals surface area contributed by atoms with Gasteiger partial charge in [-0.3, -0.25) is 0 Å². The van der Waals surface area contributed by atoms with Crippen LogP contribution in [0.15, 0.2) is 0 Å². The van der Waals surface area contributed by atoms with E-state index in [4.69, 9.17) is 45.6 Å². The molecule has 0 amide bonds. The van der Waals surface area contributed by atoms with E-state index in [-0.39, 0.29) is 114 Å². The molecule has 0 aliphatic heterocycles. The predicted molar refractivity (Wildman–Crippen MR) is 181 cm³/mol. The third-order valence-corrected chi connectivity index (χ3v) is 2.14. The Labute approximate surface area is 255 Å². The van der Waals surface area contributed by atoms with Crippen molar-refractivity contribution >= 4 is 0 Å².